The van der Waals surface area contributed by atoms with Crippen molar-refractivity contribution in [3.63, 3.8) is 0 Å². The van der Waals surface area contributed by atoms with E-state index in [1.54, 1.807) is 23.6 Å². The largest absolute Gasteiger partial charge is 0.497 e. The minimum absolute atomic E-state index is 0.0875. The summed E-state index contributed by atoms with van der Waals surface area (Å²) in [6.07, 6.45) is 0. The molecule has 8 nitrogen and oxygen atoms in total. The van der Waals surface area contributed by atoms with Crippen molar-refractivity contribution in [2.45, 2.75) is 4.90 Å². The van der Waals surface area contributed by atoms with Gasteiger partial charge in [-0.3, -0.25) is 14.3 Å². The molecule has 3 N–H and O–H groups in total. The topological polar surface area (TPSA) is 114 Å². The van der Waals surface area contributed by atoms with Crippen LogP contribution in [0.2, 0.25) is 0 Å². The molecule has 0 aliphatic heterocycles. The SMILES string of the molecule is CNC(=O)c1ccsc1NC(=O)c1ccc(NS(=O)(=O)c2ccc(OC)cc2)cc1. The molecular formula is C20H19N3O5S2. The van der Waals surface area contributed by atoms with Crippen molar-refractivity contribution in [3.05, 3.63) is 71.1 Å². The van der Waals surface area contributed by atoms with E-state index in [0.717, 1.165) is 0 Å². The third-order valence-corrected chi connectivity index (χ3v) is 6.36. The first-order valence-electron chi connectivity index (χ1n) is 8.72. The van der Waals surface area contributed by atoms with Gasteiger partial charge in [-0.25, -0.2) is 8.42 Å². The molecule has 0 aliphatic rings. The van der Waals surface area contributed by atoms with Gasteiger partial charge in [-0.1, -0.05) is 0 Å². The van der Waals surface area contributed by atoms with Crippen molar-refractivity contribution in [3.8, 4) is 5.75 Å². The number of rotatable bonds is 7. The van der Waals surface area contributed by atoms with Gasteiger partial charge in [-0.05, 0) is 60.0 Å². The molecule has 0 saturated carbocycles. The summed E-state index contributed by atoms with van der Waals surface area (Å²) in [4.78, 5) is 24.4. The fourth-order valence-electron chi connectivity index (χ4n) is 2.55. The van der Waals surface area contributed by atoms with Crippen LogP contribution >= 0.6 is 11.3 Å². The molecule has 2 aromatic carbocycles. The summed E-state index contributed by atoms with van der Waals surface area (Å²) in [7, 11) is -0.771. The zero-order valence-corrected chi connectivity index (χ0v) is 17.8. The number of anilines is 2. The maximum atomic E-state index is 12.5. The standard InChI is InChI=1S/C20H19N3O5S2/c1-21-19(25)17-11-12-29-20(17)22-18(24)13-3-5-14(6-4-13)23-30(26,27)16-9-7-15(28-2)8-10-16/h3-12,23H,1-2H3,(H,21,25)(H,22,24). The minimum Gasteiger partial charge on any atom is -0.497 e. The van der Waals surface area contributed by atoms with Gasteiger partial charge in [-0.2, -0.15) is 0 Å². The smallest absolute Gasteiger partial charge is 0.261 e. The van der Waals surface area contributed by atoms with Crippen LogP contribution in [0.5, 0.6) is 5.75 Å². The first-order chi connectivity index (χ1) is 14.3. The number of hydrogen-bond donors (Lipinski definition) is 3. The zero-order valence-electron chi connectivity index (χ0n) is 16.1. The Morgan fingerprint density at radius 3 is 2.20 bits per heavy atom. The highest BCUT2D eigenvalue weighted by Gasteiger charge is 2.17. The number of benzene rings is 2. The first kappa shape index (κ1) is 21.3. The Hall–Kier alpha value is -3.37. The Morgan fingerprint density at radius 2 is 1.60 bits per heavy atom. The van der Waals surface area contributed by atoms with Crippen molar-refractivity contribution < 1.29 is 22.7 Å². The molecule has 0 fully saturated rings. The molecule has 2 amide bonds. The van der Waals surface area contributed by atoms with Gasteiger partial charge in [-0.15, -0.1) is 11.3 Å². The fourth-order valence-corrected chi connectivity index (χ4v) is 4.39. The number of hydrogen-bond acceptors (Lipinski definition) is 6. The molecule has 10 heteroatoms. The van der Waals surface area contributed by atoms with E-state index in [1.807, 2.05) is 0 Å². The molecule has 3 rings (SSSR count). The second-order valence-electron chi connectivity index (χ2n) is 6.06. The van der Waals surface area contributed by atoms with Crippen LogP contribution in [-0.4, -0.2) is 34.4 Å². The van der Waals surface area contributed by atoms with E-state index in [0.29, 0.717) is 27.6 Å². The minimum atomic E-state index is -3.78. The van der Waals surface area contributed by atoms with Crippen molar-refractivity contribution in [1.29, 1.82) is 0 Å². The van der Waals surface area contributed by atoms with E-state index < -0.39 is 15.9 Å². The second-order valence-corrected chi connectivity index (χ2v) is 8.65. The molecule has 3 aromatic rings. The van der Waals surface area contributed by atoms with Gasteiger partial charge in [0.25, 0.3) is 21.8 Å². The highest BCUT2D eigenvalue weighted by atomic mass is 32.2. The van der Waals surface area contributed by atoms with Gasteiger partial charge >= 0.3 is 0 Å². The Labute approximate surface area is 177 Å². The molecule has 0 unspecified atom stereocenters. The summed E-state index contributed by atoms with van der Waals surface area (Å²) in [5, 5.41) is 7.35. The summed E-state index contributed by atoms with van der Waals surface area (Å²) in [6, 6.07) is 13.6. The number of nitrogens with one attached hydrogen (secondary N) is 3. The highest BCUT2D eigenvalue weighted by Crippen LogP contribution is 2.24. The summed E-state index contributed by atoms with van der Waals surface area (Å²) < 4.78 is 32.5. The van der Waals surface area contributed by atoms with Crippen LogP contribution in [0.15, 0.2) is 64.9 Å². The number of methoxy groups -OCH3 is 1. The number of ether oxygens (including phenoxy) is 1. The lowest BCUT2D eigenvalue weighted by molar-refractivity contribution is 0.0964. The van der Waals surface area contributed by atoms with Crippen LogP contribution in [-0.2, 0) is 10.0 Å². The van der Waals surface area contributed by atoms with Crippen molar-refractivity contribution >= 4 is 43.9 Å². The van der Waals surface area contributed by atoms with E-state index in [4.69, 9.17) is 4.74 Å². The van der Waals surface area contributed by atoms with E-state index >= 15 is 0 Å². The summed E-state index contributed by atoms with van der Waals surface area (Å²) >= 11 is 1.23. The van der Waals surface area contributed by atoms with Crippen LogP contribution in [0.4, 0.5) is 10.7 Å². The molecule has 0 atom stereocenters. The molecular weight excluding hydrogens is 426 g/mol. The van der Waals surface area contributed by atoms with Crippen LogP contribution in [0.3, 0.4) is 0 Å². The number of thiophene rings is 1. The summed E-state index contributed by atoms with van der Waals surface area (Å²) in [6.45, 7) is 0. The van der Waals surface area contributed by atoms with Crippen LogP contribution in [0.25, 0.3) is 0 Å². The van der Waals surface area contributed by atoms with Crippen molar-refractivity contribution in [1.82, 2.24) is 5.32 Å². The lowest BCUT2D eigenvalue weighted by atomic mass is 10.2. The van der Waals surface area contributed by atoms with Crippen LogP contribution in [0, 0.1) is 0 Å². The Kier molecular flexibility index (Phi) is 6.38. The van der Waals surface area contributed by atoms with Crippen molar-refractivity contribution in [2.24, 2.45) is 0 Å². The monoisotopic (exact) mass is 445 g/mol. The molecule has 1 aromatic heterocycles. The first-order valence-corrected chi connectivity index (χ1v) is 11.1. The maximum absolute atomic E-state index is 12.5. The van der Waals surface area contributed by atoms with E-state index in [9.17, 15) is 18.0 Å². The van der Waals surface area contributed by atoms with Crippen LogP contribution in [0.1, 0.15) is 20.7 Å². The average molecular weight is 446 g/mol. The Morgan fingerprint density at radius 1 is 0.933 bits per heavy atom. The van der Waals surface area contributed by atoms with E-state index in [2.05, 4.69) is 15.4 Å². The predicted molar refractivity (Wildman–Crippen MR) is 116 cm³/mol. The zero-order chi connectivity index (χ0) is 21.7. The quantitative estimate of drug-likeness (QED) is 0.517. The van der Waals surface area contributed by atoms with E-state index in [-0.39, 0.29) is 10.8 Å². The summed E-state index contributed by atoms with van der Waals surface area (Å²) in [5.74, 6) is -0.156. The van der Waals surface area contributed by atoms with Gasteiger partial charge in [0.15, 0.2) is 0 Å². The highest BCUT2D eigenvalue weighted by molar-refractivity contribution is 7.92. The van der Waals surface area contributed by atoms with Gasteiger partial charge in [0.2, 0.25) is 0 Å². The molecule has 156 valence electrons. The molecule has 1 heterocycles. The number of sulfonamides is 1. The molecule has 0 saturated heterocycles. The van der Waals surface area contributed by atoms with Gasteiger partial charge in [0, 0.05) is 18.3 Å². The fraction of sp³-hybridized carbons (Fsp3) is 0.100. The second kappa shape index (κ2) is 8.97. The van der Waals surface area contributed by atoms with Gasteiger partial charge in [0.1, 0.15) is 10.8 Å². The lowest BCUT2D eigenvalue weighted by Gasteiger charge is -2.10. The van der Waals surface area contributed by atoms with E-state index in [1.165, 1.54) is 61.9 Å². The molecule has 0 spiro atoms. The Bertz CT molecular complexity index is 1150. The molecule has 0 radical (unpaired) electrons. The van der Waals surface area contributed by atoms with Gasteiger partial charge < -0.3 is 15.4 Å². The third-order valence-electron chi connectivity index (χ3n) is 4.13. The third kappa shape index (κ3) is 4.78. The predicted octanol–water partition coefficient (Wildman–Crippen LogP) is 3.17. The average Bonchev–Trinajstić information content (AvgIpc) is 3.21. The molecule has 0 bridgehead atoms. The molecule has 30 heavy (non-hydrogen) atoms. The number of carbonyl (C=O) groups is 2. The van der Waals surface area contributed by atoms with Gasteiger partial charge in [0.05, 0.1) is 17.6 Å². The number of amides is 2. The Balaban J connectivity index is 1.70. The van der Waals surface area contributed by atoms with Crippen molar-refractivity contribution in [2.75, 3.05) is 24.2 Å². The summed E-state index contributed by atoms with van der Waals surface area (Å²) in [5.41, 5.74) is 1.00. The lowest BCUT2D eigenvalue weighted by Crippen LogP contribution is -2.20. The molecule has 0 aliphatic carbocycles. The van der Waals surface area contributed by atoms with Crippen LogP contribution < -0.4 is 20.1 Å². The maximum Gasteiger partial charge on any atom is 0.261 e. The number of carbonyl (C=O) groups excluding carboxylic acids is 2. The normalized spacial score (nSPS) is 10.9.